The largest absolute Gasteiger partial charge is 0.397 e. The highest BCUT2D eigenvalue weighted by Crippen LogP contribution is 2.23. The Morgan fingerprint density at radius 2 is 2.24 bits per heavy atom. The Bertz CT molecular complexity index is 393. The van der Waals surface area contributed by atoms with E-state index in [4.69, 9.17) is 10.5 Å². The quantitative estimate of drug-likeness (QED) is 0.740. The number of carbonyl (C=O) groups is 1. The topological polar surface area (TPSA) is 67.6 Å². The summed E-state index contributed by atoms with van der Waals surface area (Å²) >= 11 is 0. The van der Waals surface area contributed by atoms with Crippen LogP contribution in [0.15, 0.2) is 18.2 Å². The van der Waals surface area contributed by atoms with Crippen LogP contribution in [0.3, 0.4) is 0 Å². The number of hydrogen-bond donors (Lipinski definition) is 2. The maximum absolute atomic E-state index is 11.5. The Hall–Kier alpha value is -1.75. The van der Waals surface area contributed by atoms with Gasteiger partial charge in [0.25, 0.3) is 5.91 Å². The minimum Gasteiger partial charge on any atom is -0.397 e. The molecule has 17 heavy (non-hydrogen) atoms. The van der Waals surface area contributed by atoms with Crippen molar-refractivity contribution >= 4 is 17.3 Å². The summed E-state index contributed by atoms with van der Waals surface area (Å²) in [4.78, 5) is 13.5. The number of nitrogens with one attached hydrogen (secondary N) is 1. The number of methoxy groups -OCH3 is 1. The fourth-order valence-corrected chi connectivity index (χ4v) is 1.51. The fourth-order valence-electron chi connectivity index (χ4n) is 1.51. The molecule has 1 aromatic carbocycles. The minimum absolute atomic E-state index is 0.119. The molecular weight excluding hydrogens is 218 g/mol. The molecule has 1 aromatic rings. The second-order valence-electron chi connectivity index (χ2n) is 3.77. The number of ether oxygens (including phenoxy) is 1. The molecule has 5 nitrogen and oxygen atoms in total. The number of rotatable bonds is 5. The van der Waals surface area contributed by atoms with Gasteiger partial charge in [-0.05, 0) is 18.2 Å². The van der Waals surface area contributed by atoms with Crippen molar-refractivity contribution in [2.45, 2.75) is 0 Å². The van der Waals surface area contributed by atoms with Crippen molar-refractivity contribution in [3.8, 4) is 0 Å². The third-order valence-corrected chi connectivity index (χ3v) is 2.56. The Kier molecular flexibility index (Phi) is 4.78. The van der Waals surface area contributed by atoms with Gasteiger partial charge in [0.1, 0.15) is 0 Å². The van der Waals surface area contributed by atoms with Gasteiger partial charge in [0, 0.05) is 33.3 Å². The number of amides is 1. The average molecular weight is 237 g/mol. The zero-order valence-corrected chi connectivity index (χ0v) is 10.5. The number of nitrogens with two attached hydrogens (primary N) is 1. The first-order chi connectivity index (χ1) is 8.10. The molecule has 5 heteroatoms. The van der Waals surface area contributed by atoms with Gasteiger partial charge in [-0.1, -0.05) is 0 Å². The number of likely N-dealkylation sites (N-methyl/N-ethyl adjacent to an activating group) is 1. The molecule has 0 spiro atoms. The van der Waals surface area contributed by atoms with Crippen LogP contribution in [0.1, 0.15) is 10.4 Å². The number of carbonyl (C=O) groups excluding carboxylic acids is 1. The van der Waals surface area contributed by atoms with Gasteiger partial charge in [0.05, 0.1) is 18.0 Å². The zero-order valence-electron chi connectivity index (χ0n) is 10.5. The Morgan fingerprint density at radius 1 is 1.53 bits per heavy atom. The lowest BCUT2D eigenvalue weighted by molar-refractivity contribution is 0.0963. The van der Waals surface area contributed by atoms with E-state index >= 15 is 0 Å². The Balaban J connectivity index is 2.93. The van der Waals surface area contributed by atoms with Gasteiger partial charge in [-0.2, -0.15) is 0 Å². The van der Waals surface area contributed by atoms with Crippen molar-refractivity contribution in [3.63, 3.8) is 0 Å². The first-order valence-electron chi connectivity index (χ1n) is 5.41. The first-order valence-corrected chi connectivity index (χ1v) is 5.41. The van der Waals surface area contributed by atoms with E-state index in [-0.39, 0.29) is 5.91 Å². The van der Waals surface area contributed by atoms with Crippen LogP contribution in [0.5, 0.6) is 0 Å². The highest BCUT2D eigenvalue weighted by atomic mass is 16.5. The zero-order chi connectivity index (χ0) is 12.8. The summed E-state index contributed by atoms with van der Waals surface area (Å²) in [5.41, 5.74) is 7.97. The molecule has 0 aromatic heterocycles. The lowest BCUT2D eigenvalue weighted by Crippen LogP contribution is -2.24. The van der Waals surface area contributed by atoms with E-state index in [0.717, 1.165) is 12.2 Å². The van der Waals surface area contributed by atoms with Crippen molar-refractivity contribution in [2.75, 3.05) is 45.0 Å². The molecule has 0 radical (unpaired) electrons. The van der Waals surface area contributed by atoms with E-state index in [0.29, 0.717) is 17.9 Å². The van der Waals surface area contributed by atoms with Crippen LogP contribution in [0, 0.1) is 0 Å². The monoisotopic (exact) mass is 237 g/mol. The van der Waals surface area contributed by atoms with E-state index < -0.39 is 0 Å². The lowest BCUT2D eigenvalue weighted by atomic mass is 10.1. The molecule has 94 valence electrons. The van der Waals surface area contributed by atoms with Crippen molar-refractivity contribution in [1.82, 2.24) is 5.32 Å². The van der Waals surface area contributed by atoms with E-state index in [1.165, 1.54) is 0 Å². The van der Waals surface area contributed by atoms with Crippen molar-refractivity contribution in [1.29, 1.82) is 0 Å². The van der Waals surface area contributed by atoms with Crippen LogP contribution in [0.4, 0.5) is 11.4 Å². The summed E-state index contributed by atoms with van der Waals surface area (Å²) in [5.74, 6) is -0.119. The van der Waals surface area contributed by atoms with Gasteiger partial charge in [-0.15, -0.1) is 0 Å². The SMILES string of the molecule is CNC(=O)c1ccc(N)c(N(C)CCOC)c1. The second-order valence-corrected chi connectivity index (χ2v) is 3.77. The third kappa shape index (κ3) is 3.35. The lowest BCUT2D eigenvalue weighted by Gasteiger charge is -2.21. The van der Waals surface area contributed by atoms with Crippen LogP contribution in [0.25, 0.3) is 0 Å². The summed E-state index contributed by atoms with van der Waals surface area (Å²) in [5, 5.41) is 2.59. The maximum Gasteiger partial charge on any atom is 0.251 e. The predicted molar refractivity (Wildman–Crippen MR) is 69.4 cm³/mol. The molecule has 1 amide bonds. The fraction of sp³-hybridized carbons (Fsp3) is 0.417. The molecule has 0 fully saturated rings. The highest BCUT2D eigenvalue weighted by Gasteiger charge is 2.09. The van der Waals surface area contributed by atoms with Crippen LogP contribution in [0.2, 0.25) is 0 Å². The molecule has 0 saturated carbocycles. The van der Waals surface area contributed by atoms with Crippen molar-refractivity contribution in [2.24, 2.45) is 0 Å². The van der Waals surface area contributed by atoms with Crippen molar-refractivity contribution in [3.05, 3.63) is 23.8 Å². The normalized spacial score (nSPS) is 10.1. The number of nitrogen functional groups attached to an aromatic ring is 1. The van der Waals surface area contributed by atoms with Crippen LogP contribution in [-0.2, 0) is 4.74 Å². The van der Waals surface area contributed by atoms with Crippen molar-refractivity contribution < 1.29 is 9.53 Å². The molecule has 0 atom stereocenters. The van der Waals surface area contributed by atoms with Gasteiger partial charge in [0.15, 0.2) is 0 Å². The average Bonchev–Trinajstić information content (AvgIpc) is 2.35. The maximum atomic E-state index is 11.5. The number of hydrogen-bond acceptors (Lipinski definition) is 4. The highest BCUT2D eigenvalue weighted by molar-refractivity contribution is 5.96. The summed E-state index contributed by atoms with van der Waals surface area (Å²) < 4.78 is 5.01. The second kappa shape index (κ2) is 6.10. The molecule has 0 aliphatic rings. The smallest absolute Gasteiger partial charge is 0.251 e. The summed E-state index contributed by atoms with van der Waals surface area (Å²) in [6.07, 6.45) is 0. The van der Waals surface area contributed by atoms with Gasteiger partial charge < -0.3 is 20.7 Å². The van der Waals surface area contributed by atoms with Gasteiger partial charge in [-0.3, -0.25) is 4.79 Å². The van der Waals surface area contributed by atoms with Gasteiger partial charge in [0.2, 0.25) is 0 Å². The third-order valence-electron chi connectivity index (χ3n) is 2.56. The Labute approximate surface area is 102 Å². The molecule has 1 rings (SSSR count). The van der Waals surface area contributed by atoms with Gasteiger partial charge in [-0.25, -0.2) is 0 Å². The van der Waals surface area contributed by atoms with Crippen LogP contribution < -0.4 is 16.0 Å². The van der Waals surface area contributed by atoms with Crippen LogP contribution in [-0.4, -0.2) is 40.3 Å². The van der Waals surface area contributed by atoms with E-state index in [1.54, 1.807) is 32.4 Å². The molecule has 0 aliphatic heterocycles. The molecule has 0 saturated heterocycles. The molecular formula is C12H19N3O2. The van der Waals surface area contributed by atoms with E-state index in [2.05, 4.69) is 5.32 Å². The standard InChI is InChI=1S/C12H19N3O2/c1-14-12(16)9-4-5-10(13)11(8-9)15(2)6-7-17-3/h4-5,8H,6-7,13H2,1-3H3,(H,14,16). The predicted octanol–water partition coefficient (Wildman–Crippen LogP) is 0.711. The number of benzene rings is 1. The first kappa shape index (κ1) is 13.3. The molecule has 0 bridgehead atoms. The van der Waals surface area contributed by atoms with E-state index in [1.807, 2.05) is 11.9 Å². The summed E-state index contributed by atoms with van der Waals surface area (Å²) in [6.45, 7) is 1.33. The molecule has 0 unspecified atom stereocenters. The minimum atomic E-state index is -0.119. The summed E-state index contributed by atoms with van der Waals surface area (Å²) in [7, 11) is 5.17. The molecule has 0 aliphatic carbocycles. The van der Waals surface area contributed by atoms with E-state index in [9.17, 15) is 4.79 Å². The molecule has 3 N–H and O–H groups in total. The Morgan fingerprint density at radius 3 is 2.82 bits per heavy atom. The number of nitrogens with zero attached hydrogens (tertiary/aromatic N) is 1. The summed E-state index contributed by atoms with van der Waals surface area (Å²) in [6, 6.07) is 5.23. The van der Waals surface area contributed by atoms with Gasteiger partial charge >= 0.3 is 0 Å². The van der Waals surface area contributed by atoms with Crippen LogP contribution >= 0.6 is 0 Å². The molecule has 0 heterocycles. The number of anilines is 2.